The maximum atomic E-state index is 7.45. The molecule has 26 heavy (non-hydrogen) atoms. The average Bonchev–Trinajstić information content (AvgIpc) is 2.46. The largest absolute Gasteiger partial charge is 0.411 e. The Balaban J connectivity index is 2.97. The minimum atomic E-state index is -1.78. The number of benzene rings is 1. The van der Waals surface area contributed by atoms with Gasteiger partial charge in [-0.2, -0.15) is 0 Å². The summed E-state index contributed by atoms with van der Waals surface area (Å²) in [7, 11) is -6.43. The molecular formula is C21H40OSi4. The van der Waals surface area contributed by atoms with Crippen LogP contribution in [0.4, 0.5) is 0 Å². The maximum Gasteiger partial charge on any atom is 0.184 e. The second-order valence-corrected chi connectivity index (χ2v) is 43.2. The third-order valence-electron chi connectivity index (χ3n) is 6.35. The van der Waals surface area contributed by atoms with Gasteiger partial charge in [-0.05, 0) is 31.2 Å². The second kappa shape index (κ2) is 6.99. The first-order chi connectivity index (χ1) is 11.7. The van der Waals surface area contributed by atoms with Gasteiger partial charge >= 0.3 is 0 Å². The van der Waals surface area contributed by atoms with Gasteiger partial charge < -0.3 is 4.43 Å². The topological polar surface area (TPSA) is 9.23 Å². The van der Waals surface area contributed by atoms with Gasteiger partial charge in [0.05, 0.1) is 12.3 Å². The summed E-state index contributed by atoms with van der Waals surface area (Å²) in [6, 6.07) is 12.7. The van der Waals surface area contributed by atoms with Gasteiger partial charge in [0.25, 0.3) is 0 Å². The maximum absolute atomic E-state index is 7.45. The van der Waals surface area contributed by atoms with Crippen molar-refractivity contribution in [1.29, 1.82) is 0 Å². The highest BCUT2D eigenvalue weighted by molar-refractivity contribution is 7.69. The van der Waals surface area contributed by atoms with Crippen LogP contribution in [-0.2, 0) is 9.65 Å². The smallest absolute Gasteiger partial charge is 0.184 e. The summed E-state index contributed by atoms with van der Waals surface area (Å²) in [4.78, 5) is 0. The van der Waals surface area contributed by atoms with Crippen LogP contribution >= 0.6 is 0 Å². The van der Waals surface area contributed by atoms with Crippen LogP contribution in [0.25, 0.3) is 0 Å². The highest BCUT2D eigenvalue weighted by atomic mass is 29.6. The lowest BCUT2D eigenvalue weighted by Gasteiger charge is -2.65. The van der Waals surface area contributed by atoms with Crippen LogP contribution in [-0.4, -0.2) is 30.6 Å². The first-order valence-corrected chi connectivity index (χ1v) is 24.7. The van der Waals surface area contributed by atoms with Gasteiger partial charge in [0, 0.05) is 21.1 Å². The fraction of sp³-hybridized carbons (Fsp3) is 0.619. The highest BCUT2D eigenvalue weighted by Gasteiger charge is 2.69. The predicted molar refractivity (Wildman–Crippen MR) is 128 cm³/mol. The summed E-state index contributed by atoms with van der Waals surface area (Å²) in [6.07, 6.45) is 5.01. The van der Waals surface area contributed by atoms with Gasteiger partial charge in [-0.3, -0.25) is 0 Å². The molecule has 1 aliphatic heterocycles. The van der Waals surface area contributed by atoms with Crippen molar-refractivity contribution in [3.05, 3.63) is 48.0 Å². The van der Waals surface area contributed by atoms with Crippen molar-refractivity contribution in [2.45, 2.75) is 77.1 Å². The van der Waals surface area contributed by atoms with E-state index in [2.05, 4.69) is 108 Å². The Labute approximate surface area is 166 Å². The van der Waals surface area contributed by atoms with Crippen molar-refractivity contribution in [3.8, 4) is 0 Å². The van der Waals surface area contributed by atoms with E-state index in [1.165, 1.54) is 11.6 Å². The Morgan fingerprint density at radius 1 is 0.885 bits per heavy atom. The Hall–Kier alpha value is -0.212. The second-order valence-electron chi connectivity index (χ2n) is 11.1. The van der Waals surface area contributed by atoms with Crippen LogP contribution in [0.1, 0.15) is 12.5 Å². The molecule has 1 aromatic carbocycles. The van der Waals surface area contributed by atoms with E-state index < -0.39 is 30.6 Å². The SMILES string of the molecule is C[C@H]1C=CC[Si]([Si](C)(C)C)([Si](C)(C)C)[C@]1(O[Si](C)(C)C)c1ccccc1. The molecule has 1 nitrogen and oxygen atoms in total. The molecule has 2 rings (SSSR count). The fourth-order valence-electron chi connectivity index (χ4n) is 5.89. The molecular weight excluding hydrogens is 381 g/mol. The Kier molecular flexibility index (Phi) is 5.94. The van der Waals surface area contributed by atoms with Gasteiger partial charge in [0.2, 0.25) is 0 Å². The van der Waals surface area contributed by atoms with Crippen LogP contribution in [0.5, 0.6) is 0 Å². The van der Waals surface area contributed by atoms with E-state index in [1.54, 1.807) is 0 Å². The van der Waals surface area contributed by atoms with Crippen molar-refractivity contribution in [1.82, 2.24) is 0 Å². The first-order valence-electron chi connectivity index (χ1n) is 10.1. The summed E-state index contributed by atoms with van der Waals surface area (Å²) in [5.41, 5.74) is 1.47. The highest BCUT2D eigenvalue weighted by Crippen LogP contribution is 2.55. The monoisotopic (exact) mass is 420 g/mol. The Bertz CT molecular complexity index is 635. The van der Waals surface area contributed by atoms with Crippen LogP contribution in [0, 0.1) is 5.92 Å². The van der Waals surface area contributed by atoms with Gasteiger partial charge in [-0.25, -0.2) is 0 Å². The summed E-state index contributed by atoms with van der Waals surface area (Å²) >= 11 is 0. The number of allylic oxidation sites excluding steroid dienone is 1. The van der Waals surface area contributed by atoms with Crippen molar-refractivity contribution in [3.63, 3.8) is 0 Å². The van der Waals surface area contributed by atoms with Crippen molar-refractivity contribution < 1.29 is 4.43 Å². The predicted octanol–water partition coefficient (Wildman–Crippen LogP) is 6.76. The van der Waals surface area contributed by atoms with Crippen molar-refractivity contribution in [2.75, 3.05) is 0 Å². The Morgan fingerprint density at radius 2 is 1.38 bits per heavy atom. The summed E-state index contributed by atoms with van der Waals surface area (Å²) in [5, 5.41) is -0.0670. The molecule has 0 amide bonds. The molecule has 0 aliphatic carbocycles. The van der Waals surface area contributed by atoms with Crippen LogP contribution < -0.4 is 0 Å². The fourth-order valence-corrected chi connectivity index (χ4v) is 58.0. The van der Waals surface area contributed by atoms with E-state index in [9.17, 15) is 0 Å². The van der Waals surface area contributed by atoms with Crippen LogP contribution in [0.3, 0.4) is 0 Å². The third-order valence-corrected chi connectivity index (χ3v) is 47.9. The molecule has 1 aliphatic rings. The van der Waals surface area contributed by atoms with Gasteiger partial charge in [0.15, 0.2) is 8.32 Å². The lowest BCUT2D eigenvalue weighted by molar-refractivity contribution is 0.0981. The van der Waals surface area contributed by atoms with Crippen molar-refractivity contribution >= 4 is 30.6 Å². The van der Waals surface area contributed by atoms with E-state index in [-0.39, 0.29) is 5.22 Å². The quantitative estimate of drug-likeness (QED) is 0.377. The molecule has 0 bridgehead atoms. The normalized spacial score (nSPS) is 26.8. The Morgan fingerprint density at radius 3 is 1.81 bits per heavy atom. The molecule has 0 saturated heterocycles. The standard InChI is InChI=1S/C21H40OSi4/c1-19-15-14-18-26(24(5,6)7,25(8,9)10)21(19,22-23(2,3)4)20-16-12-11-13-17-20/h11-17,19H,18H2,1-10H3/t19-,21-/m0/s1. The van der Waals surface area contributed by atoms with E-state index in [0.717, 1.165) is 0 Å². The number of rotatable bonds is 5. The average molecular weight is 421 g/mol. The number of hydrogen-bond acceptors (Lipinski definition) is 1. The zero-order chi connectivity index (χ0) is 20.0. The molecule has 0 fully saturated rings. The molecule has 1 aromatic rings. The molecule has 5 heteroatoms. The van der Waals surface area contributed by atoms with E-state index >= 15 is 0 Å². The molecule has 0 radical (unpaired) electrons. The molecule has 0 unspecified atom stereocenters. The van der Waals surface area contributed by atoms with Crippen molar-refractivity contribution in [2.24, 2.45) is 5.92 Å². The summed E-state index contributed by atoms with van der Waals surface area (Å²) in [6.45, 7) is 25.5. The third kappa shape index (κ3) is 3.46. The minimum absolute atomic E-state index is 0.0670. The zero-order valence-corrected chi connectivity index (χ0v) is 22.7. The molecule has 1 heterocycles. The molecule has 0 N–H and O–H groups in total. The van der Waals surface area contributed by atoms with E-state index in [1.807, 2.05) is 0 Å². The van der Waals surface area contributed by atoms with Gasteiger partial charge in [-0.1, -0.05) is 88.7 Å². The summed E-state index contributed by atoms with van der Waals surface area (Å²) < 4.78 is 7.45. The lowest BCUT2D eigenvalue weighted by Crippen LogP contribution is -2.84. The van der Waals surface area contributed by atoms with Gasteiger partial charge in [0.1, 0.15) is 0 Å². The first kappa shape index (κ1) is 22.1. The van der Waals surface area contributed by atoms with E-state index in [0.29, 0.717) is 5.92 Å². The van der Waals surface area contributed by atoms with Gasteiger partial charge in [-0.15, -0.1) is 0 Å². The zero-order valence-electron chi connectivity index (χ0n) is 18.7. The summed E-state index contributed by atoms with van der Waals surface area (Å²) in [5.74, 6) is 0.454. The molecule has 0 saturated carbocycles. The van der Waals surface area contributed by atoms with E-state index in [4.69, 9.17) is 4.43 Å². The molecule has 146 valence electrons. The van der Waals surface area contributed by atoms with Crippen LogP contribution in [0.15, 0.2) is 42.5 Å². The van der Waals surface area contributed by atoms with Crippen LogP contribution in [0.2, 0.25) is 65.0 Å². The molecule has 0 aromatic heterocycles. The molecule has 2 atom stereocenters. The minimum Gasteiger partial charge on any atom is -0.411 e. The molecule has 0 spiro atoms. The lowest BCUT2D eigenvalue weighted by atomic mass is 9.95. The number of hydrogen-bond donors (Lipinski definition) is 0.